The minimum absolute atomic E-state index is 0.484. The molecule has 1 aliphatic heterocycles. The smallest absolute Gasteiger partial charge is 0.165 e. The van der Waals surface area contributed by atoms with E-state index in [1.807, 2.05) is 12.1 Å². The number of benzene rings is 1. The molecule has 0 spiro atoms. The third kappa shape index (κ3) is 2.90. The Hall–Kier alpha value is -0.930. The van der Waals surface area contributed by atoms with Crippen LogP contribution in [-0.2, 0) is 6.42 Å². The Morgan fingerprint density at radius 3 is 2.72 bits per heavy atom. The highest BCUT2D eigenvalue weighted by molar-refractivity contribution is 6.31. The Morgan fingerprint density at radius 1 is 1.28 bits per heavy atom. The lowest BCUT2D eigenvalue weighted by Crippen LogP contribution is -2.35. The maximum absolute atomic E-state index is 6.29. The Bertz CT molecular complexity index is 403. The molecular weight excluding hydrogens is 250 g/mol. The van der Waals surface area contributed by atoms with Gasteiger partial charge in [0.1, 0.15) is 0 Å². The van der Waals surface area contributed by atoms with Crippen LogP contribution in [0.1, 0.15) is 24.8 Å². The van der Waals surface area contributed by atoms with Crippen LogP contribution in [0.3, 0.4) is 0 Å². The van der Waals surface area contributed by atoms with Crippen molar-refractivity contribution in [2.24, 2.45) is 0 Å². The summed E-state index contributed by atoms with van der Waals surface area (Å²) in [6.07, 6.45) is 4.62. The highest BCUT2D eigenvalue weighted by Crippen LogP contribution is 2.37. The summed E-state index contributed by atoms with van der Waals surface area (Å²) in [5.74, 6) is 1.50. The van der Waals surface area contributed by atoms with Crippen LogP contribution in [0.4, 0.5) is 0 Å². The average molecular weight is 270 g/mol. The number of halogens is 1. The molecule has 0 aromatic heterocycles. The van der Waals surface area contributed by atoms with Crippen molar-refractivity contribution in [3.05, 3.63) is 22.7 Å². The molecule has 2 rings (SSSR count). The first-order chi connectivity index (χ1) is 8.76. The molecule has 1 N–H and O–H groups in total. The minimum Gasteiger partial charge on any atom is -0.493 e. The zero-order valence-electron chi connectivity index (χ0n) is 11.0. The lowest BCUT2D eigenvalue weighted by Gasteiger charge is -2.25. The monoisotopic (exact) mass is 269 g/mol. The molecule has 4 heteroatoms. The van der Waals surface area contributed by atoms with Gasteiger partial charge in [-0.1, -0.05) is 18.0 Å². The summed E-state index contributed by atoms with van der Waals surface area (Å²) >= 11 is 6.29. The van der Waals surface area contributed by atoms with Gasteiger partial charge in [-0.25, -0.2) is 0 Å². The summed E-state index contributed by atoms with van der Waals surface area (Å²) in [5, 5.41) is 4.28. The van der Waals surface area contributed by atoms with E-state index in [1.54, 1.807) is 14.2 Å². The van der Waals surface area contributed by atoms with E-state index in [9.17, 15) is 0 Å². The van der Waals surface area contributed by atoms with Gasteiger partial charge in [0.05, 0.1) is 14.2 Å². The summed E-state index contributed by atoms with van der Waals surface area (Å²) in [5.41, 5.74) is 1.04. The SMILES string of the molecule is COc1ccc(Cl)c(CC2CCCCN2)c1OC. The van der Waals surface area contributed by atoms with Crippen LogP contribution < -0.4 is 14.8 Å². The van der Waals surface area contributed by atoms with Crippen LogP contribution >= 0.6 is 11.6 Å². The second kappa shape index (κ2) is 6.30. The summed E-state index contributed by atoms with van der Waals surface area (Å²) in [6.45, 7) is 1.09. The zero-order valence-corrected chi connectivity index (χ0v) is 11.7. The number of hydrogen-bond donors (Lipinski definition) is 1. The predicted octanol–water partition coefficient (Wildman–Crippen LogP) is 3.04. The van der Waals surface area contributed by atoms with Gasteiger partial charge in [0.15, 0.2) is 11.5 Å². The number of ether oxygens (including phenoxy) is 2. The number of nitrogens with one attached hydrogen (secondary N) is 1. The third-order valence-electron chi connectivity index (χ3n) is 3.45. The van der Waals surface area contributed by atoms with Gasteiger partial charge in [-0.15, -0.1) is 0 Å². The van der Waals surface area contributed by atoms with Crippen molar-refractivity contribution in [3.8, 4) is 11.5 Å². The number of methoxy groups -OCH3 is 2. The van der Waals surface area contributed by atoms with E-state index in [4.69, 9.17) is 21.1 Å². The maximum atomic E-state index is 6.29. The number of hydrogen-bond acceptors (Lipinski definition) is 3. The highest BCUT2D eigenvalue weighted by Gasteiger charge is 2.19. The molecule has 0 aliphatic carbocycles. The first-order valence-corrected chi connectivity index (χ1v) is 6.76. The lowest BCUT2D eigenvalue weighted by atomic mass is 9.97. The summed E-state index contributed by atoms with van der Waals surface area (Å²) in [4.78, 5) is 0. The molecule has 18 heavy (non-hydrogen) atoms. The standard InChI is InChI=1S/C14H20ClNO2/c1-17-13-7-6-12(15)11(14(13)18-2)9-10-5-3-4-8-16-10/h6-7,10,16H,3-5,8-9H2,1-2H3. The molecule has 100 valence electrons. The summed E-state index contributed by atoms with van der Waals surface area (Å²) in [7, 11) is 3.31. The topological polar surface area (TPSA) is 30.5 Å². The van der Waals surface area contributed by atoms with Gasteiger partial charge >= 0.3 is 0 Å². The summed E-state index contributed by atoms with van der Waals surface area (Å²) in [6, 6.07) is 4.21. The number of rotatable bonds is 4. The van der Waals surface area contributed by atoms with Gasteiger partial charge in [-0.05, 0) is 37.9 Å². The fraction of sp³-hybridized carbons (Fsp3) is 0.571. The van der Waals surface area contributed by atoms with E-state index in [0.717, 1.165) is 35.1 Å². The zero-order chi connectivity index (χ0) is 13.0. The van der Waals surface area contributed by atoms with Crippen LogP contribution in [0.2, 0.25) is 5.02 Å². The molecule has 1 saturated heterocycles. The molecule has 1 atom stereocenters. The molecule has 1 aromatic rings. The number of piperidine rings is 1. The maximum Gasteiger partial charge on any atom is 0.165 e. The lowest BCUT2D eigenvalue weighted by molar-refractivity contribution is 0.345. The van der Waals surface area contributed by atoms with Crippen LogP contribution in [0.25, 0.3) is 0 Å². The van der Waals surface area contributed by atoms with Gasteiger partial charge in [0.25, 0.3) is 0 Å². The Labute approximate surface area is 113 Å². The van der Waals surface area contributed by atoms with Gasteiger partial charge in [0.2, 0.25) is 0 Å². The van der Waals surface area contributed by atoms with E-state index < -0.39 is 0 Å². The largest absolute Gasteiger partial charge is 0.493 e. The molecular formula is C14H20ClNO2. The van der Waals surface area contributed by atoms with Crippen LogP contribution in [0.15, 0.2) is 12.1 Å². The Morgan fingerprint density at radius 2 is 2.11 bits per heavy atom. The minimum atomic E-state index is 0.484. The quantitative estimate of drug-likeness (QED) is 0.911. The van der Waals surface area contributed by atoms with Crippen LogP contribution in [0.5, 0.6) is 11.5 Å². The molecule has 0 saturated carbocycles. The van der Waals surface area contributed by atoms with Crippen molar-refractivity contribution in [2.75, 3.05) is 20.8 Å². The molecule has 1 aliphatic rings. The highest BCUT2D eigenvalue weighted by atomic mass is 35.5. The van der Waals surface area contributed by atoms with Gasteiger partial charge in [-0.2, -0.15) is 0 Å². The average Bonchev–Trinajstić information content (AvgIpc) is 2.42. The second-order valence-corrected chi connectivity index (χ2v) is 5.02. The van der Waals surface area contributed by atoms with Crippen LogP contribution in [0, 0.1) is 0 Å². The fourth-order valence-corrected chi connectivity index (χ4v) is 2.73. The van der Waals surface area contributed by atoms with Crippen molar-refractivity contribution < 1.29 is 9.47 Å². The molecule has 1 fully saturated rings. The first kappa shape index (κ1) is 13.5. The molecule has 3 nitrogen and oxygen atoms in total. The van der Waals surface area contributed by atoms with Crippen molar-refractivity contribution in [1.29, 1.82) is 0 Å². The van der Waals surface area contributed by atoms with E-state index in [-0.39, 0.29) is 0 Å². The van der Waals surface area contributed by atoms with Crippen molar-refractivity contribution >= 4 is 11.6 Å². The molecule has 0 bridgehead atoms. The van der Waals surface area contributed by atoms with E-state index in [1.165, 1.54) is 19.3 Å². The summed E-state index contributed by atoms with van der Waals surface area (Å²) < 4.78 is 10.8. The van der Waals surface area contributed by atoms with Gasteiger partial charge < -0.3 is 14.8 Å². The molecule has 1 aromatic carbocycles. The van der Waals surface area contributed by atoms with Crippen LogP contribution in [-0.4, -0.2) is 26.8 Å². The molecule has 1 heterocycles. The third-order valence-corrected chi connectivity index (χ3v) is 3.81. The van der Waals surface area contributed by atoms with Gasteiger partial charge in [-0.3, -0.25) is 0 Å². The fourth-order valence-electron chi connectivity index (χ4n) is 2.50. The normalized spacial score (nSPS) is 19.6. The molecule has 0 amide bonds. The van der Waals surface area contributed by atoms with E-state index in [0.29, 0.717) is 6.04 Å². The van der Waals surface area contributed by atoms with Crippen molar-refractivity contribution in [1.82, 2.24) is 5.32 Å². The molecule has 1 unspecified atom stereocenters. The van der Waals surface area contributed by atoms with E-state index >= 15 is 0 Å². The Balaban J connectivity index is 2.24. The van der Waals surface area contributed by atoms with E-state index in [2.05, 4.69) is 5.32 Å². The Kier molecular flexibility index (Phi) is 4.72. The van der Waals surface area contributed by atoms with Gasteiger partial charge in [0, 0.05) is 16.6 Å². The van der Waals surface area contributed by atoms with Crippen molar-refractivity contribution in [2.45, 2.75) is 31.7 Å². The predicted molar refractivity (Wildman–Crippen MR) is 73.9 cm³/mol. The van der Waals surface area contributed by atoms with Crippen molar-refractivity contribution in [3.63, 3.8) is 0 Å². The first-order valence-electron chi connectivity index (χ1n) is 6.39. The molecule has 0 radical (unpaired) electrons. The second-order valence-electron chi connectivity index (χ2n) is 4.61.